The maximum atomic E-state index is 13.7. The van der Waals surface area contributed by atoms with Crippen molar-refractivity contribution >= 4 is 37.5 Å². The van der Waals surface area contributed by atoms with E-state index < -0.39 is 20.7 Å². The van der Waals surface area contributed by atoms with Gasteiger partial charge in [0.2, 0.25) is 0 Å². The number of anilines is 2. The van der Waals surface area contributed by atoms with Gasteiger partial charge in [-0.3, -0.25) is 9.71 Å². The normalized spacial score (nSPS) is 11.3. The smallest absolute Gasteiger partial charge is 0.266 e. The fraction of sp³-hybridized carbons (Fsp3) is 0. The second-order valence-electron chi connectivity index (χ2n) is 3.50. The van der Waals surface area contributed by atoms with E-state index in [1.165, 1.54) is 18.6 Å². The van der Waals surface area contributed by atoms with Crippen molar-refractivity contribution in [3.63, 3.8) is 0 Å². The minimum atomic E-state index is -4.11. The predicted octanol–water partition coefficient (Wildman–Crippen LogP) is 1.76. The Hall–Kier alpha value is -1.74. The van der Waals surface area contributed by atoms with Crippen molar-refractivity contribution in [2.45, 2.75) is 4.90 Å². The number of hydrogen-bond acceptors (Lipinski definition) is 5. The van der Waals surface area contributed by atoms with Crippen LogP contribution in [0.1, 0.15) is 0 Å². The number of benzene rings is 1. The van der Waals surface area contributed by atoms with E-state index >= 15 is 0 Å². The zero-order valence-corrected chi connectivity index (χ0v) is 11.7. The Morgan fingerprint density at radius 3 is 2.68 bits per heavy atom. The number of hydrogen-bond donors (Lipinski definition) is 2. The van der Waals surface area contributed by atoms with E-state index in [0.29, 0.717) is 0 Å². The molecule has 9 heteroatoms. The molecule has 0 amide bonds. The van der Waals surface area contributed by atoms with E-state index in [0.717, 1.165) is 12.1 Å². The lowest BCUT2D eigenvalue weighted by Gasteiger charge is -2.09. The highest BCUT2D eigenvalue weighted by Crippen LogP contribution is 2.26. The highest BCUT2D eigenvalue weighted by atomic mass is 79.9. The minimum absolute atomic E-state index is 0.0107. The van der Waals surface area contributed by atoms with Crippen LogP contribution in [0.3, 0.4) is 0 Å². The average molecular weight is 347 g/mol. The van der Waals surface area contributed by atoms with Crippen molar-refractivity contribution < 1.29 is 12.8 Å². The first-order valence-electron chi connectivity index (χ1n) is 4.93. The predicted molar refractivity (Wildman–Crippen MR) is 71.4 cm³/mol. The second kappa shape index (κ2) is 5.10. The standard InChI is InChI=1S/C10H8BrFN4O2S/c11-6-3-7(12)9(4-8(6)13)19(17,18)16-10-5-14-1-2-15-10/h1-5H,13H2,(H,15,16). The average Bonchev–Trinajstić information content (AvgIpc) is 2.34. The molecule has 0 bridgehead atoms. The van der Waals surface area contributed by atoms with Gasteiger partial charge in [-0.15, -0.1) is 0 Å². The summed E-state index contributed by atoms with van der Waals surface area (Å²) < 4.78 is 40.1. The summed E-state index contributed by atoms with van der Waals surface area (Å²) in [5, 5.41) is 0. The van der Waals surface area contributed by atoms with Crippen molar-refractivity contribution in [2.75, 3.05) is 10.5 Å². The summed E-state index contributed by atoms with van der Waals surface area (Å²) in [6.45, 7) is 0. The van der Waals surface area contributed by atoms with E-state index in [1.54, 1.807) is 0 Å². The third-order valence-electron chi connectivity index (χ3n) is 2.14. The van der Waals surface area contributed by atoms with E-state index in [1.807, 2.05) is 0 Å². The molecule has 0 spiro atoms. The zero-order valence-electron chi connectivity index (χ0n) is 9.34. The van der Waals surface area contributed by atoms with Gasteiger partial charge in [0.1, 0.15) is 10.7 Å². The lowest BCUT2D eigenvalue weighted by Crippen LogP contribution is -2.16. The molecule has 100 valence electrons. The summed E-state index contributed by atoms with van der Waals surface area (Å²) in [6, 6.07) is 2.01. The Balaban J connectivity index is 2.43. The molecule has 1 aromatic heterocycles. The van der Waals surface area contributed by atoms with E-state index in [9.17, 15) is 12.8 Å². The van der Waals surface area contributed by atoms with E-state index in [2.05, 4.69) is 30.6 Å². The molecule has 19 heavy (non-hydrogen) atoms. The fourth-order valence-corrected chi connectivity index (χ4v) is 2.70. The van der Waals surface area contributed by atoms with Crippen LogP contribution in [-0.2, 0) is 10.0 Å². The van der Waals surface area contributed by atoms with Crippen molar-refractivity contribution in [2.24, 2.45) is 0 Å². The van der Waals surface area contributed by atoms with E-state index in [-0.39, 0.29) is 16.0 Å². The number of nitrogens with one attached hydrogen (secondary N) is 1. The summed E-state index contributed by atoms with van der Waals surface area (Å²) in [7, 11) is -4.11. The molecule has 0 aliphatic heterocycles. The monoisotopic (exact) mass is 346 g/mol. The number of sulfonamides is 1. The van der Waals surface area contributed by atoms with Crippen LogP contribution in [0.5, 0.6) is 0 Å². The molecule has 2 aromatic rings. The van der Waals surface area contributed by atoms with Crippen molar-refractivity contribution in [1.29, 1.82) is 0 Å². The van der Waals surface area contributed by atoms with Gasteiger partial charge < -0.3 is 5.73 Å². The van der Waals surface area contributed by atoms with Crippen molar-refractivity contribution in [3.8, 4) is 0 Å². The lowest BCUT2D eigenvalue weighted by molar-refractivity contribution is 0.570. The summed E-state index contributed by atoms with van der Waals surface area (Å²) >= 11 is 3.01. The Morgan fingerprint density at radius 1 is 1.32 bits per heavy atom. The Morgan fingerprint density at radius 2 is 2.05 bits per heavy atom. The largest absolute Gasteiger partial charge is 0.398 e. The van der Waals surface area contributed by atoms with Crippen molar-refractivity contribution in [1.82, 2.24) is 9.97 Å². The van der Waals surface area contributed by atoms with Crippen LogP contribution in [-0.4, -0.2) is 18.4 Å². The maximum absolute atomic E-state index is 13.7. The molecule has 0 saturated heterocycles. The zero-order chi connectivity index (χ0) is 14.0. The number of halogens is 2. The third-order valence-corrected chi connectivity index (χ3v) is 4.20. The Kier molecular flexibility index (Phi) is 3.67. The number of rotatable bonds is 3. The van der Waals surface area contributed by atoms with Gasteiger partial charge in [-0.1, -0.05) is 0 Å². The van der Waals surface area contributed by atoms with Crippen LogP contribution < -0.4 is 10.5 Å². The van der Waals surface area contributed by atoms with Crippen LogP contribution in [0.25, 0.3) is 0 Å². The van der Waals surface area contributed by atoms with Crippen LogP contribution in [0.4, 0.5) is 15.9 Å². The number of aromatic nitrogens is 2. The molecule has 0 aliphatic carbocycles. The van der Waals surface area contributed by atoms with Gasteiger partial charge in [0.15, 0.2) is 5.82 Å². The van der Waals surface area contributed by atoms with Gasteiger partial charge in [0, 0.05) is 22.6 Å². The SMILES string of the molecule is Nc1cc(S(=O)(=O)Nc2cnccn2)c(F)cc1Br. The summed E-state index contributed by atoms with van der Waals surface area (Å²) in [6.07, 6.45) is 3.90. The molecule has 0 atom stereocenters. The van der Waals surface area contributed by atoms with Gasteiger partial charge in [-0.25, -0.2) is 17.8 Å². The van der Waals surface area contributed by atoms with Crippen LogP contribution in [0, 0.1) is 5.82 Å². The molecule has 0 radical (unpaired) electrons. The summed E-state index contributed by atoms with van der Waals surface area (Å²) in [5.41, 5.74) is 5.66. The second-order valence-corrected chi connectivity index (χ2v) is 6.01. The van der Waals surface area contributed by atoms with Crippen LogP contribution in [0.15, 0.2) is 40.1 Å². The molecular weight excluding hydrogens is 339 g/mol. The molecule has 1 aromatic carbocycles. The molecule has 0 saturated carbocycles. The number of nitrogens with zero attached hydrogens (tertiary/aromatic N) is 2. The van der Waals surface area contributed by atoms with Gasteiger partial charge in [0.25, 0.3) is 10.0 Å². The van der Waals surface area contributed by atoms with Crippen LogP contribution in [0.2, 0.25) is 0 Å². The maximum Gasteiger partial charge on any atom is 0.266 e. The molecule has 3 N–H and O–H groups in total. The van der Waals surface area contributed by atoms with E-state index in [4.69, 9.17) is 5.73 Å². The molecule has 2 rings (SSSR count). The topological polar surface area (TPSA) is 98.0 Å². The molecule has 6 nitrogen and oxygen atoms in total. The third kappa shape index (κ3) is 2.99. The van der Waals surface area contributed by atoms with Gasteiger partial charge in [0.05, 0.1) is 6.20 Å². The molecule has 0 fully saturated rings. The Labute approximate surface area is 117 Å². The highest BCUT2D eigenvalue weighted by molar-refractivity contribution is 9.10. The summed E-state index contributed by atoms with van der Waals surface area (Å²) in [4.78, 5) is 6.89. The molecular formula is C10H8BrFN4O2S. The number of nitrogen functional groups attached to an aromatic ring is 1. The molecule has 1 heterocycles. The van der Waals surface area contributed by atoms with Crippen molar-refractivity contribution in [3.05, 3.63) is 41.0 Å². The van der Waals surface area contributed by atoms with Crippen LogP contribution >= 0.6 is 15.9 Å². The quantitative estimate of drug-likeness (QED) is 0.825. The first-order chi connectivity index (χ1) is 8.90. The minimum Gasteiger partial charge on any atom is -0.398 e. The highest BCUT2D eigenvalue weighted by Gasteiger charge is 2.21. The first kappa shape index (κ1) is 13.7. The fourth-order valence-electron chi connectivity index (χ4n) is 1.30. The number of nitrogens with two attached hydrogens (primary N) is 1. The van der Waals surface area contributed by atoms with Gasteiger partial charge >= 0.3 is 0 Å². The Bertz CT molecular complexity index is 709. The molecule has 0 unspecified atom stereocenters. The molecule has 0 aliphatic rings. The summed E-state index contributed by atoms with van der Waals surface area (Å²) in [5.74, 6) is -0.930. The first-order valence-corrected chi connectivity index (χ1v) is 7.21. The van der Waals surface area contributed by atoms with Gasteiger partial charge in [-0.2, -0.15) is 0 Å². The van der Waals surface area contributed by atoms with Gasteiger partial charge in [-0.05, 0) is 28.1 Å². The lowest BCUT2D eigenvalue weighted by atomic mass is 10.3.